The Balaban J connectivity index is 3.24. The fourth-order valence-electron chi connectivity index (χ4n) is 2.33. The molecule has 0 aliphatic heterocycles. The van der Waals surface area contributed by atoms with Crippen molar-refractivity contribution in [3.63, 3.8) is 0 Å². The first-order valence-electron chi connectivity index (χ1n) is 7.57. The first-order chi connectivity index (χ1) is 10.8. The second-order valence-corrected chi connectivity index (χ2v) is 5.77. The Morgan fingerprint density at radius 1 is 1.26 bits per heavy atom. The van der Waals surface area contributed by atoms with Crippen molar-refractivity contribution in [3.05, 3.63) is 34.4 Å². The van der Waals surface area contributed by atoms with Gasteiger partial charge in [-0.2, -0.15) is 0 Å². The molecule has 1 atom stereocenters. The van der Waals surface area contributed by atoms with Crippen molar-refractivity contribution in [3.8, 4) is 0 Å². The smallest absolute Gasteiger partial charge is 0.326 e. The van der Waals surface area contributed by atoms with Crippen LogP contribution in [0, 0.1) is 16.0 Å². The summed E-state index contributed by atoms with van der Waals surface area (Å²) in [7, 11) is 0. The highest BCUT2D eigenvalue weighted by Gasteiger charge is 2.31. The quantitative estimate of drug-likeness (QED) is 0.585. The molecular weight excluding hydrogens is 300 g/mol. The summed E-state index contributed by atoms with van der Waals surface area (Å²) >= 11 is 0. The van der Waals surface area contributed by atoms with Crippen molar-refractivity contribution in [1.82, 2.24) is 0 Å². The zero-order valence-electron chi connectivity index (χ0n) is 13.6. The van der Waals surface area contributed by atoms with Crippen molar-refractivity contribution < 1.29 is 19.6 Å². The molecule has 1 aromatic rings. The van der Waals surface area contributed by atoms with Gasteiger partial charge in [0, 0.05) is 24.2 Å². The standard InChI is InChI=1S/C16H22N2O5/c1-4-5-15(19)17(14(16(20)21)10-11(2)3)12-6-8-13(9-7-12)18(22)23/h6-9,11,14H,4-5,10H2,1-3H3,(H,20,21)/t14-/m0/s1. The van der Waals surface area contributed by atoms with Gasteiger partial charge >= 0.3 is 5.97 Å². The van der Waals surface area contributed by atoms with Crippen LogP contribution in [-0.4, -0.2) is 27.9 Å². The minimum absolute atomic E-state index is 0.0890. The van der Waals surface area contributed by atoms with Gasteiger partial charge in [0.05, 0.1) is 4.92 Å². The van der Waals surface area contributed by atoms with Crippen LogP contribution in [-0.2, 0) is 9.59 Å². The van der Waals surface area contributed by atoms with Crippen LogP contribution in [0.1, 0.15) is 40.0 Å². The highest BCUT2D eigenvalue weighted by Crippen LogP contribution is 2.25. The molecule has 0 aliphatic rings. The van der Waals surface area contributed by atoms with Gasteiger partial charge in [-0.3, -0.25) is 19.8 Å². The Morgan fingerprint density at radius 3 is 2.22 bits per heavy atom. The fourth-order valence-corrected chi connectivity index (χ4v) is 2.33. The lowest BCUT2D eigenvalue weighted by atomic mass is 10.0. The molecule has 0 heterocycles. The summed E-state index contributed by atoms with van der Waals surface area (Å²) in [5, 5.41) is 20.2. The molecular formula is C16H22N2O5. The zero-order chi connectivity index (χ0) is 17.6. The van der Waals surface area contributed by atoms with Gasteiger partial charge in [-0.15, -0.1) is 0 Å². The highest BCUT2D eigenvalue weighted by atomic mass is 16.6. The molecule has 1 amide bonds. The van der Waals surface area contributed by atoms with Gasteiger partial charge in [-0.25, -0.2) is 4.79 Å². The van der Waals surface area contributed by atoms with E-state index in [1.54, 1.807) is 0 Å². The van der Waals surface area contributed by atoms with Gasteiger partial charge < -0.3 is 5.11 Å². The number of carbonyl (C=O) groups excluding carboxylic acids is 1. The number of hydrogen-bond acceptors (Lipinski definition) is 4. The predicted octanol–water partition coefficient (Wildman–Crippen LogP) is 3.23. The number of amides is 1. The Hall–Kier alpha value is -2.44. The van der Waals surface area contributed by atoms with Crippen LogP contribution in [0.3, 0.4) is 0 Å². The molecule has 0 radical (unpaired) electrons. The SMILES string of the molecule is CCCC(=O)N(c1ccc([N+](=O)[O-])cc1)[C@@H](CC(C)C)C(=O)O. The second-order valence-electron chi connectivity index (χ2n) is 5.77. The minimum atomic E-state index is -1.08. The van der Waals surface area contributed by atoms with Crippen molar-refractivity contribution >= 4 is 23.3 Å². The first kappa shape index (κ1) is 18.6. The monoisotopic (exact) mass is 322 g/mol. The summed E-state index contributed by atoms with van der Waals surface area (Å²) in [5.41, 5.74) is 0.259. The normalized spacial score (nSPS) is 12.0. The number of hydrogen-bond donors (Lipinski definition) is 1. The summed E-state index contributed by atoms with van der Waals surface area (Å²) in [4.78, 5) is 35.5. The van der Waals surface area contributed by atoms with Crippen LogP contribution < -0.4 is 4.90 Å². The van der Waals surface area contributed by atoms with Crippen LogP contribution in [0.2, 0.25) is 0 Å². The van der Waals surface area contributed by atoms with E-state index in [2.05, 4.69) is 0 Å². The van der Waals surface area contributed by atoms with E-state index in [1.807, 2.05) is 20.8 Å². The number of carboxylic acid groups (broad SMARTS) is 1. The van der Waals surface area contributed by atoms with E-state index in [-0.39, 0.29) is 23.9 Å². The molecule has 0 unspecified atom stereocenters. The Labute approximate surface area is 135 Å². The summed E-state index contributed by atoms with van der Waals surface area (Å²) in [5.74, 6) is -1.29. The molecule has 126 valence electrons. The Morgan fingerprint density at radius 2 is 1.83 bits per heavy atom. The van der Waals surface area contributed by atoms with E-state index in [9.17, 15) is 24.8 Å². The maximum absolute atomic E-state index is 12.4. The van der Waals surface area contributed by atoms with E-state index in [0.717, 1.165) is 0 Å². The number of carboxylic acids is 1. The molecule has 0 aliphatic carbocycles. The third kappa shape index (κ3) is 5.05. The number of nitro groups is 1. The van der Waals surface area contributed by atoms with Crippen LogP contribution in [0.5, 0.6) is 0 Å². The number of carbonyl (C=O) groups is 2. The number of nitro benzene ring substituents is 1. The molecule has 0 saturated carbocycles. The third-order valence-electron chi connectivity index (χ3n) is 3.36. The van der Waals surface area contributed by atoms with Gasteiger partial charge in [0.2, 0.25) is 5.91 Å². The van der Waals surface area contributed by atoms with E-state index in [1.165, 1.54) is 29.2 Å². The Bertz CT molecular complexity index is 568. The molecule has 7 heteroatoms. The van der Waals surface area contributed by atoms with Gasteiger partial charge in [-0.1, -0.05) is 20.8 Å². The topological polar surface area (TPSA) is 101 Å². The van der Waals surface area contributed by atoms with E-state index in [4.69, 9.17) is 0 Å². The summed E-state index contributed by atoms with van der Waals surface area (Å²) in [6, 6.07) is 4.39. The van der Waals surface area contributed by atoms with Crippen LogP contribution in [0.15, 0.2) is 24.3 Å². The zero-order valence-corrected chi connectivity index (χ0v) is 13.6. The summed E-state index contributed by atoms with van der Waals surface area (Å²) < 4.78 is 0. The van der Waals surface area contributed by atoms with Gasteiger partial charge in [-0.05, 0) is 30.9 Å². The molecule has 23 heavy (non-hydrogen) atoms. The summed E-state index contributed by atoms with van der Waals surface area (Å²) in [6.07, 6.45) is 1.12. The summed E-state index contributed by atoms with van der Waals surface area (Å²) in [6.45, 7) is 5.60. The van der Waals surface area contributed by atoms with Crippen molar-refractivity contribution in [2.45, 2.75) is 46.1 Å². The molecule has 7 nitrogen and oxygen atoms in total. The molecule has 1 rings (SSSR count). The molecule has 0 fully saturated rings. The molecule has 1 N–H and O–H groups in total. The molecule has 1 aromatic carbocycles. The second kappa shape index (κ2) is 8.26. The Kier molecular flexibility index (Phi) is 6.68. The average Bonchev–Trinajstić information content (AvgIpc) is 2.46. The maximum Gasteiger partial charge on any atom is 0.326 e. The first-order valence-corrected chi connectivity index (χ1v) is 7.57. The largest absolute Gasteiger partial charge is 0.480 e. The fraction of sp³-hybridized carbons (Fsp3) is 0.500. The third-order valence-corrected chi connectivity index (χ3v) is 3.36. The lowest BCUT2D eigenvalue weighted by Gasteiger charge is -2.30. The van der Waals surface area contributed by atoms with Gasteiger partial charge in [0.15, 0.2) is 0 Å². The van der Waals surface area contributed by atoms with Gasteiger partial charge in [0.25, 0.3) is 5.69 Å². The average molecular weight is 322 g/mol. The number of rotatable bonds is 8. The predicted molar refractivity (Wildman–Crippen MR) is 86.4 cm³/mol. The van der Waals surface area contributed by atoms with Crippen LogP contribution >= 0.6 is 0 Å². The van der Waals surface area contributed by atoms with Crippen molar-refractivity contribution in [2.24, 2.45) is 5.92 Å². The molecule has 0 aromatic heterocycles. The highest BCUT2D eigenvalue weighted by molar-refractivity contribution is 5.99. The van der Waals surface area contributed by atoms with Crippen molar-refractivity contribution in [1.29, 1.82) is 0 Å². The van der Waals surface area contributed by atoms with Crippen LogP contribution in [0.25, 0.3) is 0 Å². The van der Waals surface area contributed by atoms with Crippen molar-refractivity contribution in [2.75, 3.05) is 4.90 Å². The number of aliphatic carboxylic acids is 1. The number of benzene rings is 1. The van der Waals surface area contributed by atoms with Gasteiger partial charge in [0.1, 0.15) is 6.04 Å². The number of nitrogens with zero attached hydrogens (tertiary/aromatic N) is 2. The minimum Gasteiger partial charge on any atom is -0.480 e. The molecule has 0 saturated heterocycles. The lowest BCUT2D eigenvalue weighted by molar-refractivity contribution is -0.384. The van der Waals surface area contributed by atoms with E-state index in [0.29, 0.717) is 18.5 Å². The van der Waals surface area contributed by atoms with Crippen LogP contribution in [0.4, 0.5) is 11.4 Å². The lowest BCUT2D eigenvalue weighted by Crippen LogP contribution is -2.46. The molecule has 0 spiro atoms. The maximum atomic E-state index is 12.4. The molecule has 0 bridgehead atoms. The van der Waals surface area contributed by atoms with E-state index >= 15 is 0 Å². The van der Waals surface area contributed by atoms with E-state index < -0.39 is 16.9 Å². The number of non-ortho nitro benzene ring substituents is 1. The number of anilines is 1.